The van der Waals surface area contributed by atoms with Crippen LogP contribution in [0.25, 0.3) is 0 Å². The molecule has 1 amide bonds. The third kappa shape index (κ3) is 4.75. The van der Waals surface area contributed by atoms with E-state index in [1.165, 1.54) is 0 Å². The van der Waals surface area contributed by atoms with Gasteiger partial charge in [0, 0.05) is 31.5 Å². The molecule has 1 aromatic carbocycles. The summed E-state index contributed by atoms with van der Waals surface area (Å²) in [5.41, 5.74) is 1.90. The molecule has 0 aliphatic rings. The van der Waals surface area contributed by atoms with Crippen molar-refractivity contribution in [1.29, 1.82) is 0 Å². The van der Waals surface area contributed by atoms with Gasteiger partial charge in [0.1, 0.15) is 0 Å². The molecule has 1 rings (SSSR count). The van der Waals surface area contributed by atoms with Gasteiger partial charge in [-0.2, -0.15) is 0 Å². The third-order valence-corrected chi connectivity index (χ3v) is 2.87. The molecule has 0 spiro atoms. The first kappa shape index (κ1) is 14.5. The Hall–Kier alpha value is -1.55. The van der Waals surface area contributed by atoms with Crippen molar-refractivity contribution in [1.82, 2.24) is 5.32 Å². The summed E-state index contributed by atoms with van der Waals surface area (Å²) in [6.07, 6.45) is 1.02. The number of hydrogen-bond acceptors (Lipinski definition) is 3. The molecule has 100 valence electrons. The Balaban J connectivity index is 2.51. The lowest BCUT2D eigenvalue weighted by atomic mass is 10.2. The van der Waals surface area contributed by atoms with E-state index in [2.05, 4.69) is 24.5 Å². The van der Waals surface area contributed by atoms with Gasteiger partial charge in [-0.1, -0.05) is 13.0 Å². The highest BCUT2D eigenvalue weighted by Crippen LogP contribution is 2.16. The normalized spacial score (nSPS) is 12.0. The van der Waals surface area contributed by atoms with Crippen LogP contribution < -0.4 is 15.5 Å². The molecule has 1 unspecified atom stereocenters. The van der Waals surface area contributed by atoms with E-state index in [0.717, 1.165) is 17.8 Å². The molecule has 4 nitrogen and oxygen atoms in total. The zero-order valence-electron chi connectivity index (χ0n) is 11.7. The quantitative estimate of drug-likeness (QED) is 0.811. The predicted octanol–water partition coefficient (Wildman–Crippen LogP) is 2.08. The minimum Gasteiger partial charge on any atom is -0.378 e. The molecule has 0 aromatic heterocycles. The summed E-state index contributed by atoms with van der Waals surface area (Å²) in [5, 5.41) is 6.06. The van der Waals surface area contributed by atoms with E-state index < -0.39 is 0 Å². The monoisotopic (exact) mass is 249 g/mol. The first-order chi connectivity index (χ1) is 8.52. The second kappa shape index (κ2) is 7.01. The third-order valence-electron chi connectivity index (χ3n) is 2.87. The molecular formula is C14H23N3O. The van der Waals surface area contributed by atoms with Crippen molar-refractivity contribution in [3.63, 3.8) is 0 Å². The van der Waals surface area contributed by atoms with Gasteiger partial charge in [-0.15, -0.1) is 0 Å². The largest absolute Gasteiger partial charge is 0.378 e. The lowest BCUT2D eigenvalue weighted by Crippen LogP contribution is -2.33. The van der Waals surface area contributed by atoms with Crippen LogP contribution in [0.4, 0.5) is 11.4 Å². The lowest BCUT2D eigenvalue weighted by molar-refractivity contribution is -0.115. The van der Waals surface area contributed by atoms with E-state index in [1.54, 1.807) is 0 Å². The maximum atomic E-state index is 11.7. The number of amides is 1. The van der Waals surface area contributed by atoms with Crippen molar-refractivity contribution in [2.24, 2.45) is 0 Å². The number of benzene rings is 1. The average molecular weight is 249 g/mol. The molecule has 0 saturated carbocycles. The maximum absolute atomic E-state index is 11.7. The van der Waals surface area contributed by atoms with Gasteiger partial charge in [0.2, 0.25) is 5.91 Å². The zero-order chi connectivity index (χ0) is 13.5. The summed E-state index contributed by atoms with van der Waals surface area (Å²) in [5.74, 6) is -0.00814. The number of rotatable bonds is 6. The molecule has 18 heavy (non-hydrogen) atoms. The molecule has 0 aliphatic carbocycles. The van der Waals surface area contributed by atoms with Gasteiger partial charge in [0.15, 0.2) is 0 Å². The van der Waals surface area contributed by atoms with Crippen LogP contribution in [0.15, 0.2) is 24.3 Å². The standard InChI is InChI=1S/C14H23N3O/c1-5-11(2)15-10-14(18)16-12-7-6-8-13(9-12)17(3)4/h6-9,11,15H,5,10H2,1-4H3,(H,16,18). The average Bonchev–Trinajstić information content (AvgIpc) is 2.36. The summed E-state index contributed by atoms with van der Waals surface area (Å²) >= 11 is 0. The smallest absolute Gasteiger partial charge is 0.238 e. The Bertz CT molecular complexity index is 390. The van der Waals surface area contributed by atoms with Crippen molar-refractivity contribution in [2.75, 3.05) is 30.9 Å². The molecule has 0 saturated heterocycles. The van der Waals surface area contributed by atoms with Crippen LogP contribution in [0, 0.1) is 0 Å². The number of nitrogens with zero attached hydrogens (tertiary/aromatic N) is 1. The maximum Gasteiger partial charge on any atom is 0.238 e. The number of anilines is 2. The number of nitrogens with one attached hydrogen (secondary N) is 2. The molecule has 4 heteroatoms. The van der Waals surface area contributed by atoms with Crippen LogP contribution in [-0.4, -0.2) is 32.6 Å². The fourth-order valence-electron chi connectivity index (χ4n) is 1.48. The van der Waals surface area contributed by atoms with E-state index in [1.807, 2.05) is 43.3 Å². The number of carbonyl (C=O) groups excluding carboxylic acids is 1. The van der Waals surface area contributed by atoms with Crippen LogP contribution >= 0.6 is 0 Å². The summed E-state index contributed by atoms with van der Waals surface area (Å²) in [4.78, 5) is 13.7. The SMILES string of the molecule is CCC(C)NCC(=O)Nc1cccc(N(C)C)c1. The van der Waals surface area contributed by atoms with Crippen LogP contribution in [0.2, 0.25) is 0 Å². The zero-order valence-corrected chi connectivity index (χ0v) is 11.7. The van der Waals surface area contributed by atoms with E-state index in [0.29, 0.717) is 12.6 Å². The Labute approximate surface area is 109 Å². The minimum atomic E-state index is -0.00814. The van der Waals surface area contributed by atoms with Crippen LogP contribution in [0.5, 0.6) is 0 Å². The van der Waals surface area contributed by atoms with Gasteiger partial charge in [-0.05, 0) is 31.5 Å². The van der Waals surface area contributed by atoms with E-state index >= 15 is 0 Å². The van der Waals surface area contributed by atoms with Gasteiger partial charge in [0.05, 0.1) is 6.54 Å². The summed E-state index contributed by atoms with van der Waals surface area (Å²) in [6, 6.07) is 8.17. The van der Waals surface area contributed by atoms with Crippen molar-refractivity contribution < 1.29 is 4.79 Å². The molecule has 1 aromatic rings. The molecule has 2 N–H and O–H groups in total. The summed E-state index contributed by atoms with van der Waals surface area (Å²) in [7, 11) is 3.96. The van der Waals surface area contributed by atoms with E-state index in [4.69, 9.17) is 0 Å². The van der Waals surface area contributed by atoms with Crippen LogP contribution in [0.3, 0.4) is 0 Å². The van der Waals surface area contributed by atoms with E-state index in [-0.39, 0.29) is 5.91 Å². The second-order valence-corrected chi connectivity index (χ2v) is 4.68. The molecule has 0 fully saturated rings. The highest BCUT2D eigenvalue weighted by Gasteiger charge is 2.05. The first-order valence-corrected chi connectivity index (χ1v) is 6.33. The Morgan fingerprint density at radius 2 is 2.11 bits per heavy atom. The van der Waals surface area contributed by atoms with Crippen molar-refractivity contribution in [2.45, 2.75) is 26.3 Å². The fraction of sp³-hybridized carbons (Fsp3) is 0.500. The van der Waals surface area contributed by atoms with Gasteiger partial charge in [0.25, 0.3) is 0 Å². The molecule has 0 aliphatic heterocycles. The van der Waals surface area contributed by atoms with Crippen molar-refractivity contribution in [3.8, 4) is 0 Å². The topological polar surface area (TPSA) is 44.4 Å². The predicted molar refractivity (Wildman–Crippen MR) is 77.2 cm³/mol. The van der Waals surface area contributed by atoms with E-state index in [9.17, 15) is 4.79 Å². The van der Waals surface area contributed by atoms with Gasteiger partial charge < -0.3 is 15.5 Å². The van der Waals surface area contributed by atoms with Gasteiger partial charge in [-0.3, -0.25) is 4.79 Å². The van der Waals surface area contributed by atoms with Crippen LogP contribution in [0.1, 0.15) is 20.3 Å². The Morgan fingerprint density at radius 3 is 2.72 bits per heavy atom. The molecule has 0 bridgehead atoms. The fourth-order valence-corrected chi connectivity index (χ4v) is 1.48. The summed E-state index contributed by atoms with van der Waals surface area (Å²) < 4.78 is 0. The van der Waals surface area contributed by atoms with Crippen molar-refractivity contribution in [3.05, 3.63) is 24.3 Å². The lowest BCUT2D eigenvalue weighted by Gasteiger charge is -2.15. The highest BCUT2D eigenvalue weighted by molar-refractivity contribution is 5.92. The van der Waals surface area contributed by atoms with Gasteiger partial charge in [-0.25, -0.2) is 0 Å². The number of hydrogen-bond donors (Lipinski definition) is 2. The Kier molecular flexibility index (Phi) is 5.65. The molecular weight excluding hydrogens is 226 g/mol. The van der Waals surface area contributed by atoms with Crippen LogP contribution in [-0.2, 0) is 4.79 Å². The molecule has 1 atom stereocenters. The summed E-state index contributed by atoms with van der Waals surface area (Å²) in [6.45, 7) is 4.51. The minimum absolute atomic E-state index is 0.00814. The Morgan fingerprint density at radius 1 is 1.39 bits per heavy atom. The van der Waals surface area contributed by atoms with Crippen molar-refractivity contribution >= 4 is 17.3 Å². The highest BCUT2D eigenvalue weighted by atomic mass is 16.1. The second-order valence-electron chi connectivity index (χ2n) is 4.68. The number of carbonyl (C=O) groups is 1. The van der Waals surface area contributed by atoms with Gasteiger partial charge >= 0.3 is 0 Å². The molecule has 0 heterocycles. The molecule has 0 radical (unpaired) electrons. The first-order valence-electron chi connectivity index (χ1n) is 6.33.